The standard InChI is InChI=1S/C22H21N5O2/c1-2-3-11-23-20(28)16-9-6-10-17-19(16)26-22(25-17)27-21(29)18-12-14-7-4-5-8-15(14)13-24-18/h4-10,12-13H,2-3,11H2,1H3,(H,23,28)(H2,25,26,27,29). The van der Waals surface area contributed by atoms with E-state index in [2.05, 4.69) is 32.5 Å². The molecular formula is C22H21N5O2. The van der Waals surface area contributed by atoms with Crippen molar-refractivity contribution in [2.24, 2.45) is 0 Å². The molecule has 0 radical (unpaired) electrons. The van der Waals surface area contributed by atoms with Crippen molar-refractivity contribution in [2.75, 3.05) is 11.9 Å². The molecule has 2 heterocycles. The second kappa shape index (κ2) is 8.10. The first kappa shape index (κ1) is 18.6. The number of carbonyl (C=O) groups is 2. The van der Waals surface area contributed by atoms with E-state index in [1.165, 1.54) is 0 Å². The molecule has 0 aliphatic rings. The Labute approximate surface area is 167 Å². The van der Waals surface area contributed by atoms with Gasteiger partial charge in [-0.2, -0.15) is 0 Å². The Hall–Kier alpha value is -3.74. The molecule has 0 atom stereocenters. The number of nitrogens with one attached hydrogen (secondary N) is 3. The minimum Gasteiger partial charge on any atom is -0.352 e. The molecule has 29 heavy (non-hydrogen) atoms. The van der Waals surface area contributed by atoms with Crippen LogP contribution in [0.1, 0.15) is 40.6 Å². The molecule has 3 N–H and O–H groups in total. The van der Waals surface area contributed by atoms with E-state index in [4.69, 9.17) is 0 Å². The minimum absolute atomic E-state index is 0.176. The zero-order valence-electron chi connectivity index (χ0n) is 16.0. The Morgan fingerprint density at radius 3 is 2.69 bits per heavy atom. The molecule has 4 aromatic rings. The number of imidazole rings is 1. The van der Waals surface area contributed by atoms with Crippen molar-refractivity contribution in [3.05, 3.63) is 66.0 Å². The highest BCUT2D eigenvalue weighted by atomic mass is 16.2. The van der Waals surface area contributed by atoms with E-state index in [0.29, 0.717) is 28.8 Å². The molecule has 0 bridgehead atoms. The Balaban J connectivity index is 1.57. The highest BCUT2D eigenvalue weighted by Crippen LogP contribution is 2.20. The van der Waals surface area contributed by atoms with Gasteiger partial charge < -0.3 is 10.3 Å². The predicted octanol–water partition coefficient (Wildman–Crippen LogP) is 3.89. The zero-order chi connectivity index (χ0) is 20.2. The molecular weight excluding hydrogens is 366 g/mol. The smallest absolute Gasteiger partial charge is 0.276 e. The summed E-state index contributed by atoms with van der Waals surface area (Å²) in [6.45, 7) is 2.69. The second-order valence-corrected chi connectivity index (χ2v) is 6.77. The molecule has 0 saturated carbocycles. The molecule has 0 saturated heterocycles. The van der Waals surface area contributed by atoms with Crippen molar-refractivity contribution in [2.45, 2.75) is 19.8 Å². The minimum atomic E-state index is -0.372. The summed E-state index contributed by atoms with van der Waals surface area (Å²) in [5.41, 5.74) is 1.96. The van der Waals surface area contributed by atoms with Crippen LogP contribution in [-0.2, 0) is 0 Å². The van der Waals surface area contributed by atoms with Gasteiger partial charge in [0.05, 0.1) is 11.1 Å². The van der Waals surface area contributed by atoms with Crippen LogP contribution in [0.15, 0.2) is 54.7 Å². The SMILES string of the molecule is CCCCNC(=O)c1cccc2[nH]c(NC(=O)c3cc4ccccc4cn3)nc12. The third-order valence-electron chi connectivity index (χ3n) is 4.67. The average Bonchev–Trinajstić information content (AvgIpc) is 3.15. The van der Waals surface area contributed by atoms with Crippen molar-refractivity contribution in [3.63, 3.8) is 0 Å². The van der Waals surface area contributed by atoms with Crippen LogP contribution in [0.3, 0.4) is 0 Å². The molecule has 0 unspecified atom stereocenters. The lowest BCUT2D eigenvalue weighted by atomic mass is 10.1. The molecule has 0 spiro atoms. The number of hydrogen-bond donors (Lipinski definition) is 3. The molecule has 146 valence electrons. The van der Waals surface area contributed by atoms with Gasteiger partial charge in [-0.1, -0.05) is 43.7 Å². The van der Waals surface area contributed by atoms with Crippen molar-refractivity contribution < 1.29 is 9.59 Å². The van der Waals surface area contributed by atoms with E-state index in [1.54, 1.807) is 24.4 Å². The van der Waals surface area contributed by atoms with Crippen LogP contribution in [0.25, 0.3) is 21.8 Å². The van der Waals surface area contributed by atoms with Gasteiger partial charge in [0, 0.05) is 18.1 Å². The molecule has 0 aliphatic heterocycles. The first-order chi connectivity index (χ1) is 14.2. The number of carbonyl (C=O) groups excluding carboxylic acids is 2. The number of pyridine rings is 1. The van der Waals surface area contributed by atoms with Crippen LogP contribution in [0.2, 0.25) is 0 Å². The number of nitrogens with zero attached hydrogens (tertiary/aromatic N) is 2. The van der Waals surface area contributed by atoms with Gasteiger partial charge >= 0.3 is 0 Å². The highest BCUT2D eigenvalue weighted by Gasteiger charge is 2.15. The monoisotopic (exact) mass is 387 g/mol. The van der Waals surface area contributed by atoms with E-state index >= 15 is 0 Å². The molecule has 2 aromatic heterocycles. The number of hydrogen-bond acceptors (Lipinski definition) is 4. The van der Waals surface area contributed by atoms with Crippen LogP contribution in [0, 0.1) is 0 Å². The zero-order valence-corrected chi connectivity index (χ0v) is 16.0. The molecule has 2 amide bonds. The van der Waals surface area contributed by atoms with Crippen LogP contribution in [0.5, 0.6) is 0 Å². The van der Waals surface area contributed by atoms with Crippen molar-refractivity contribution >= 4 is 39.6 Å². The summed E-state index contributed by atoms with van der Waals surface area (Å²) in [5, 5.41) is 7.52. The molecule has 4 rings (SSSR count). The lowest BCUT2D eigenvalue weighted by molar-refractivity contribution is 0.0953. The van der Waals surface area contributed by atoms with Gasteiger partial charge in [-0.25, -0.2) is 4.98 Å². The first-order valence-electron chi connectivity index (χ1n) is 9.59. The number of para-hydroxylation sites is 1. The lowest BCUT2D eigenvalue weighted by Crippen LogP contribution is -2.24. The van der Waals surface area contributed by atoms with E-state index < -0.39 is 0 Å². The largest absolute Gasteiger partial charge is 0.352 e. The predicted molar refractivity (Wildman–Crippen MR) is 113 cm³/mol. The first-order valence-corrected chi connectivity index (χ1v) is 9.59. The Bertz CT molecular complexity index is 1200. The van der Waals surface area contributed by atoms with Crippen molar-refractivity contribution in [1.82, 2.24) is 20.3 Å². The Morgan fingerprint density at radius 2 is 1.86 bits per heavy atom. The van der Waals surface area contributed by atoms with E-state index in [9.17, 15) is 9.59 Å². The summed E-state index contributed by atoms with van der Waals surface area (Å²) < 4.78 is 0. The molecule has 0 fully saturated rings. The van der Waals surface area contributed by atoms with E-state index in [0.717, 1.165) is 23.6 Å². The number of aromatic amines is 1. The van der Waals surface area contributed by atoms with Gasteiger partial charge in [0.2, 0.25) is 5.95 Å². The number of rotatable bonds is 6. The van der Waals surface area contributed by atoms with E-state index in [-0.39, 0.29) is 17.8 Å². The second-order valence-electron chi connectivity index (χ2n) is 6.77. The number of benzene rings is 2. The van der Waals surface area contributed by atoms with Crippen LogP contribution in [-0.4, -0.2) is 33.3 Å². The topological polar surface area (TPSA) is 99.8 Å². The number of anilines is 1. The van der Waals surface area contributed by atoms with Crippen molar-refractivity contribution in [1.29, 1.82) is 0 Å². The van der Waals surface area contributed by atoms with E-state index in [1.807, 2.05) is 30.3 Å². The molecule has 0 aliphatic carbocycles. The average molecular weight is 387 g/mol. The fourth-order valence-electron chi connectivity index (χ4n) is 3.13. The molecule has 7 heteroatoms. The number of fused-ring (bicyclic) bond motifs is 2. The third-order valence-corrected chi connectivity index (χ3v) is 4.67. The quantitative estimate of drug-likeness (QED) is 0.437. The normalized spacial score (nSPS) is 10.9. The number of H-pyrrole nitrogens is 1. The van der Waals surface area contributed by atoms with Gasteiger partial charge in [0.25, 0.3) is 11.8 Å². The van der Waals surface area contributed by atoms with Crippen molar-refractivity contribution in [3.8, 4) is 0 Å². The third kappa shape index (κ3) is 3.94. The Morgan fingerprint density at radius 1 is 1.03 bits per heavy atom. The van der Waals surface area contributed by atoms with Crippen LogP contribution >= 0.6 is 0 Å². The summed E-state index contributed by atoms with van der Waals surface area (Å²) in [4.78, 5) is 36.7. The van der Waals surface area contributed by atoms with Crippen LogP contribution in [0.4, 0.5) is 5.95 Å². The number of aromatic nitrogens is 3. The summed E-state index contributed by atoms with van der Waals surface area (Å²) in [6, 6.07) is 14.8. The maximum Gasteiger partial charge on any atom is 0.276 e. The molecule has 2 aromatic carbocycles. The summed E-state index contributed by atoms with van der Waals surface area (Å²) in [6.07, 6.45) is 3.59. The maximum atomic E-state index is 12.6. The van der Waals surface area contributed by atoms with Gasteiger partial charge in [0.1, 0.15) is 11.2 Å². The van der Waals surface area contributed by atoms with Gasteiger partial charge in [0.15, 0.2) is 0 Å². The van der Waals surface area contributed by atoms with Gasteiger partial charge in [-0.05, 0) is 30.0 Å². The summed E-state index contributed by atoms with van der Waals surface area (Å²) in [7, 11) is 0. The van der Waals surface area contributed by atoms with Gasteiger partial charge in [-0.3, -0.25) is 19.9 Å². The summed E-state index contributed by atoms with van der Waals surface area (Å²) >= 11 is 0. The maximum absolute atomic E-state index is 12.6. The lowest BCUT2D eigenvalue weighted by Gasteiger charge is -2.04. The number of amides is 2. The summed E-state index contributed by atoms with van der Waals surface area (Å²) in [5.74, 6) is -0.276. The fourth-order valence-corrected chi connectivity index (χ4v) is 3.13. The fraction of sp³-hybridized carbons (Fsp3) is 0.182. The van der Waals surface area contributed by atoms with Crippen LogP contribution < -0.4 is 10.6 Å². The highest BCUT2D eigenvalue weighted by molar-refractivity contribution is 6.07. The Kier molecular flexibility index (Phi) is 5.20. The van der Waals surface area contributed by atoms with Gasteiger partial charge in [-0.15, -0.1) is 0 Å². The number of unbranched alkanes of at least 4 members (excludes halogenated alkanes) is 1. The molecule has 7 nitrogen and oxygen atoms in total.